The van der Waals surface area contributed by atoms with Gasteiger partial charge in [-0.05, 0) is 70.7 Å². The van der Waals surface area contributed by atoms with Gasteiger partial charge in [0.2, 0.25) is 0 Å². The molecule has 300 valence electrons. The Morgan fingerprint density at radius 1 is 0.786 bits per heavy atom. The van der Waals surface area contributed by atoms with Crippen molar-refractivity contribution in [2.45, 2.75) is 24.5 Å². The summed E-state index contributed by atoms with van der Waals surface area (Å²) in [6, 6.07) is 11.0. The van der Waals surface area contributed by atoms with Crippen LogP contribution in [0.4, 0.5) is 28.4 Å². The molecule has 0 amide bonds. The van der Waals surface area contributed by atoms with Crippen molar-refractivity contribution in [1.82, 2.24) is 0 Å². The van der Waals surface area contributed by atoms with E-state index in [1.165, 1.54) is 49.6 Å². The third-order valence-corrected chi connectivity index (χ3v) is 11.2. The van der Waals surface area contributed by atoms with Gasteiger partial charge in [0.05, 0.1) is 56.8 Å². The van der Waals surface area contributed by atoms with Crippen LogP contribution in [0.5, 0.6) is 5.75 Å². The Hall–Kier alpha value is -4.20. The molecule has 4 aromatic carbocycles. The molecule has 0 aliphatic rings. The van der Waals surface area contributed by atoms with E-state index in [2.05, 4.69) is 53.7 Å². The van der Waals surface area contributed by atoms with Crippen molar-refractivity contribution in [3.63, 3.8) is 0 Å². The van der Waals surface area contributed by atoms with Gasteiger partial charge in [0.15, 0.2) is 21.7 Å². The van der Waals surface area contributed by atoms with Gasteiger partial charge in [-0.1, -0.05) is 10.1 Å². The fraction of sp³-hybridized carbons (Fsp3) is 0.111. The molecule has 0 spiro atoms. The van der Waals surface area contributed by atoms with Crippen molar-refractivity contribution >= 4 is 105 Å². The molecule has 0 bridgehead atoms. The van der Waals surface area contributed by atoms with E-state index in [1.807, 2.05) is 0 Å². The first kappa shape index (κ1) is 44.5. The van der Waals surface area contributed by atoms with Gasteiger partial charge in [0, 0.05) is 28.0 Å². The van der Waals surface area contributed by atoms with Crippen LogP contribution in [0.1, 0.15) is 0 Å². The molecule has 0 fully saturated rings. The number of azo groups is 2. The van der Waals surface area contributed by atoms with E-state index in [1.54, 1.807) is 6.11 Å². The molecular weight excluding hydrogens is 875 g/mol. The standard InChI is InChI=1S/C27H23N5O18S6/c1-44-9-11-54(36,37)16-3-7-20(22(13-16)52-48-46-34)29-31-25-18-14-23(53-49-47-35)26(27(33)17(18)4-5-19(25)28)32-30-21-6-2-15(12-24(21)55(38,39)40)51-10-8-45-50-56(41,42)43/h2-7,12-14,33-35H,9,11,28H2,1H3,(H,38,39,40)(H,41,42,43). The molecule has 29 heteroatoms. The molecule has 0 heterocycles. The van der Waals surface area contributed by atoms with Crippen LogP contribution in [0.25, 0.3) is 10.8 Å². The van der Waals surface area contributed by atoms with Crippen molar-refractivity contribution in [3.8, 4) is 17.1 Å². The van der Waals surface area contributed by atoms with Crippen LogP contribution in [-0.2, 0) is 63.1 Å². The third kappa shape index (κ3) is 12.1. The van der Waals surface area contributed by atoms with E-state index in [4.69, 9.17) is 25.5 Å². The lowest BCUT2D eigenvalue weighted by atomic mass is 10.1. The number of phenolic OH excluding ortho intramolecular Hbond substituents is 1. The number of anilines is 1. The van der Waals surface area contributed by atoms with Gasteiger partial charge in [-0.25, -0.2) is 18.9 Å². The van der Waals surface area contributed by atoms with Crippen LogP contribution in [-0.4, -0.2) is 69.4 Å². The van der Waals surface area contributed by atoms with E-state index < -0.39 is 46.7 Å². The molecule has 23 nitrogen and oxygen atoms in total. The summed E-state index contributed by atoms with van der Waals surface area (Å²) in [5, 5.41) is 54.7. The molecular formula is C27H23N5O18S6. The zero-order valence-corrected chi connectivity index (χ0v) is 32.4. The van der Waals surface area contributed by atoms with E-state index in [0.29, 0.717) is 35.8 Å². The van der Waals surface area contributed by atoms with Gasteiger partial charge in [0.25, 0.3) is 10.1 Å². The van der Waals surface area contributed by atoms with Crippen LogP contribution in [0.3, 0.4) is 0 Å². The SMILES string of the molecule is COCCS(=O)(=O)c1ccc(N=Nc2c(N)ccc3c(O)c(N=Nc4ccc(SC#COOS(=O)(=O)O)cc4S(=O)(=O)O)c(SOOO)cc23)c(SOOO)c1. The summed E-state index contributed by atoms with van der Waals surface area (Å²) in [7, 11) is -12.4. The average molecular weight is 898 g/mol. The highest BCUT2D eigenvalue weighted by atomic mass is 32.3. The normalized spacial score (nSPS) is 12.4. The number of nitrogens with two attached hydrogens (primary N) is 1. The Morgan fingerprint density at radius 2 is 1.45 bits per heavy atom. The van der Waals surface area contributed by atoms with Crippen LogP contribution in [0.15, 0.2) is 99.5 Å². The fourth-order valence-corrected chi connectivity index (χ4v) is 7.73. The van der Waals surface area contributed by atoms with Gasteiger partial charge in [-0.2, -0.15) is 16.8 Å². The smallest absolute Gasteiger partial charge is 0.433 e. The Morgan fingerprint density at radius 3 is 2.11 bits per heavy atom. The second kappa shape index (κ2) is 19.8. The van der Waals surface area contributed by atoms with Crippen LogP contribution >= 0.6 is 35.8 Å². The molecule has 0 radical (unpaired) electrons. The number of sulfone groups is 1. The molecule has 4 aromatic rings. The highest BCUT2D eigenvalue weighted by Gasteiger charge is 2.22. The summed E-state index contributed by atoms with van der Waals surface area (Å²) in [6.45, 7) is -0.0801. The fourth-order valence-electron chi connectivity index (χ4n) is 4.16. The summed E-state index contributed by atoms with van der Waals surface area (Å²) >= 11 is 1.29. The topological polar surface area (TPSA) is 344 Å². The van der Waals surface area contributed by atoms with Crippen LogP contribution in [0, 0.1) is 11.4 Å². The maximum absolute atomic E-state index is 12.7. The summed E-state index contributed by atoms with van der Waals surface area (Å²) < 4.78 is 107. The molecule has 0 atom stereocenters. The predicted molar refractivity (Wildman–Crippen MR) is 194 cm³/mol. The lowest BCUT2D eigenvalue weighted by Gasteiger charge is -2.12. The second-order valence-corrected chi connectivity index (χ2v) is 16.8. The summed E-state index contributed by atoms with van der Waals surface area (Å²) in [5.74, 6) is -0.944. The Labute approximate surface area is 328 Å². The Kier molecular flexibility index (Phi) is 15.7. The molecule has 0 unspecified atom stereocenters. The lowest BCUT2D eigenvalue weighted by Crippen LogP contribution is -2.11. The number of nitrogens with zero attached hydrogens (tertiary/aromatic N) is 4. The average Bonchev–Trinajstić information content (AvgIpc) is 3.14. The number of nitrogen functional groups attached to an aromatic ring is 1. The number of methoxy groups -OCH3 is 1. The van der Waals surface area contributed by atoms with Gasteiger partial charge in [-0.15, -0.1) is 29.1 Å². The van der Waals surface area contributed by atoms with Gasteiger partial charge >= 0.3 is 10.4 Å². The number of phenols is 1. The number of benzene rings is 4. The minimum absolute atomic E-state index is 0.0148. The number of aromatic hydroxyl groups is 1. The van der Waals surface area contributed by atoms with Crippen molar-refractivity contribution in [1.29, 1.82) is 0 Å². The van der Waals surface area contributed by atoms with Crippen molar-refractivity contribution in [2.75, 3.05) is 25.2 Å². The highest BCUT2D eigenvalue weighted by molar-refractivity contribution is 8.04. The number of fused-ring (bicyclic) bond motifs is 1. The highest BCUT2D eigenvalue weighted by Crippen LogP contribution is 2.48. The molecule has 4 rings (SSSR count). The maximum Gasteiger partial charge on any atom is 0.433 e. The van der Waals surface area contributed by atoms with Crippen LogP contribution in [0.2, 0.25) is 0 Å². The van der Waals surface area contributed by atoms with Gasteiger partial charge < -0.3 is 15.6 Å². The second-order valence-electron chi connectivity index (χ2n) is 9.95. The quantitative estimate of drug-likeness (QED) is 0.00939. The van der Waals surface area contributed by atoms with E-state index in [9.17, 15) is 34.9 Å². The van der Waals surface area contributed by atoms with E-state index >= 15 is 0 Å². The number of thioether (sulfide) groups is 1. The largest absolute Gasteiger partial charge is 0.505 e. The first-order valence-corrected chi connectivity index (χ1v) is 20.9. The minimum Gasteiger partial charge on any atom is -0.505 e. The zero-order valence-electron chi connectivity index (χ0n) is 27.5. The summed E-state index contributed by atoms with van der Waals surface area (Å²) in [4.78, 5) is 3.01. The first-order chi connectivity index (χ1) is 26.5. The number of hydrogen-bond acceptors (Lipinski definition) is 24. The molecule has 7 N–H and O–H groups in total. The number of hydrogen-bond donors (Lipinski definition) is 6. The summed E-state index contributed by atoms with van der Waals surface area (Å²) in [6.07, 6.45) is 1.76. The molecule has 0 saturated carbocycles. The van der Waals surface area contributed by atoms with Gasteiger partial charge in [-0.3, -0.25) is 14.0 Å². The van der Waals surface area contributed by atoms with E-state index in [-0.39, 0.29) is 65.5 Å². The van der Waals surface area contributed by atoms with Crippen LogP contribution < -0.4 is 5.73 Å². The predicted octanol–water partition coefficient (Wildman–Crippen LogP) is 6.24. The molecule has 0 aliphatic heterocycles. The van der Waals surface area contributed by atoms with E-state index in [0.717, 1.165) is 12.1 Å². The Bertz CT molecular complexity index is 2550. The Balaban J connectivity index is 1.77. The van der Waals surface area contributed by atoms with Crippen molar-refractivity contribution < 1.29 is 82.7 Å². The van der Waals surface area contributed by atoms with Gasteiger partial charge in [0.1, 0.15) is 27.6 Å². The zero-order chi connectivity index (χ0) is 41.1. The minimum atomic E-state index is -4.98. The molecule has 0 aromatic heterocycles. The monoisotopic (exact) mass is 897 g/mol. The number of ether oxygens (including phenoxy) is 1. The molecule has 0 saturated heterocycles. The van der Waals surface area contributed by atoms with Crippen molar-refractivity contribution in [2.24, 2.45) is 20.5 Å². The third-order valence-electron chi connectivity index (χ3n) is 6.49. The number of rotatable bonds is 18. The lowest BCUT2D eigenvalue weighted by molar-refractivity contribution is -0.432. The maximum atomic E-state index is 12.7. The summed E-state index contributed by atoms with van der Waals surface area (Å²) in [5.41, 5.74) is 5.37. The molecule has 56 heavy (non-hydrogen) atoms. The van der Waals surface area contributed by atoms with Crippen molar-refractivity contribution in [3.05, 3.63) is 54.6 Å². The molecule has 0 aliphatic carbocycles. The first-order valence-electron chi connectivity index (χ1n) is 14.2.